The van der Waals surface area contributed by atoms with Gasteiger partial charge in [0, 0.05) is 23.4 Å². The minimum atomic E-state index is 0.311. The Labute approximate surface area is 146 Å². The second-order valence-corrected chi connectivity index (χ2v) is 6.76. The molecule has 0 aromatic carbocycles. The highest BCUT2D eigenvalue weighted by Crippen LogP contribution is 2.30. The van der Waals surface area contributed by atoms with Crippen LogP contribution in [-0.4, -0.2) is 24.5 Å². The van der Waals surface area contributed by atoms with Gasteiger partial charge >= 0.3 is 0 Å². The Hall–Kier alpha value is -2.76. The Morgan fingerprint density at radius 2 is 2.00 bits per heavy atom. The summed E-state index contributed by atoms with van der Waals surface area (Å²) in [7, 11) is 0. The molecule has 2 N–H and O–H groups in total. The molecule has 128 valence electrons. The number of nitrogen functional groups attached to an aromatic ring is 1. The molecule has 6 heteroatoms. The Kier molecular flexibility index (Phi) is 3.75. The van der Waals surface area contributed by atoms with Crippen LogP contribution in [0, 0.1) is 6.92 Å². The maximum absolute atomic E-state index is 5.78. The van der Waals surface area contributed by atoms with Crippen molar-refractivity contribution in [2.75, 3.05) is 5.73 Å². The number of nitrogens with two attached hydrogens (primary N) is 1. The molecule has 4 rings (SSSR count). The van der Waals surface area contributed by atoms with Crippen LogP contribution >= 0.6 is 0 Å². The van der Waals surface area contributed by atoms with Crippen LogP contribution in [0.4, 0.5) is 5.95 Å². The Morgan fingerprint density at radius 3 is 2.80 bits per heavy atom. The third-order valence-electron chi connectivity index (χ3n) is 4.65. The number of anilines is 1. The average molecular weight is 334 g/mol. The summed E-state index contributed by atoms with van der Waals surface area (Å²) in [5.41, 5.74) is 11.7. The monoisotopic (exact) mass is 334 g/mol. The number of hydrogen-bond donors (Lipinski definition) is 1. The Bertz CT molecular complexity index is 983. The zero-order valence-electron chi connectivity index (χ0n) is 14.8. The molecule has 0 spiro atoms. The fourth-order valence-electron chi connectivity index (χ4n) is 3.57. The minimum Gasteiger partial charge on any atom is -0.368 e. The predicted octanol–water partition coefficient (Wildman–Crippen LogP) is 3.46. The topological polar surface area (TPSA) is 82.5 Å². The average Bonchev–Trinajstić information content (AvgIpc) is 2.76. The number of fused-ring (bicyclic) bond motifs is 2. The molecule has 0 radical (unpaired) electrons. The molecular formula is C19H22N6. The molecule has 0 aliphatic heterocycles. The van der Waals surface area contributed by atoms with Gasteiger partial charge in [0.25, 0.3) is 0 Å². The normalized spacial score (nSPS) is 14.5. The summed E-state index contributed by atoms with van der Waals surface area (Å²) in [5.74, 6) is 1.32. The third-order valence-corrected chi connectivity index (χ3v) is 4.65. The first-order valence-corrected chi connectivity index (χ1v) is 8.72. The van der Waals surface area contributed by atoms with Crippen LogP contribution in [-0.2, 0) is 6.42 Å². The quantitative estimate of drug-likeness (QED) is 0.776. The van der Waals surface area contributed by atoms with Gasteiger partial charge < -0.3 is 10.3 Å². The van der Waals surface area contributed by atoms with Gasteiger partial charge in [-0.25, -0.2) is 19.9 Å². The van der Waals surface area contributed by atoms with E-state index in [1.54, 1.807) is 0 Å². The lowest BCUT2D eigenvalue weighted by Crippen LogP contribution is -2.06. The molecule has 6 nitrogen and oxygen atoms in total. The number of aromatic nitrogens is 5. The van der Waals surface area contributed by atoms with E-state index in [2.05, 4.69) is 39.4 Å². The maximum atomic E-state index is 5.78. The van der Waals surface area contributed by atoms with Crippen LogP contribution in [0.25, 0.3) is 16.7 Å². The van der Waals surface area contributed by atoms with Gasteiger partial charge in [-0.05, 0) is 52.2 Å². The number of allylic oxidation sites excluding steroid dienone is 1. The highest BCUT2D eigenvalue weighted by Gasteiger charge is 2.18. The number of aryl methyl sites for hydroxylation is 2. The highest BCUT2D eigenvalue weighted by molar-refractivity contribution is 5.83. The van der Waals surface area contributed by atoms with Crippen molar-refractivity contribution in [3.8, 4) is 0 Å². The molecule has 0 amide bonds. The fourth-order valence-corrected chi connectivity index (χ4v) is 3.57. The molecule has 25 heavy (non-hydrogen) atoms. The molecule has 3 aromatic heterocycles. The summed E-state index contributed by atoms with van der Waals surface area (Å²) in [6.45, 7) is 6.33. The molecule has 3 heterocycles. The molecule has 0 saturated heterocycles. The first kappa shape index (κ1) is 15.7. The van der Waals surface area contributed by atoms with Crippen molar-refractivity contribution < 1.29 is 0 Å². The summed E-state index contributed by atoms with van der Waals surface area (Å²) >= 11 is 0. The van der Waals surface area contributed by atoms with E-state index in [0.29, 0.717) is 12.0 Å². The van der Waals surface area contributed by atoms with Crippen LogP contribution in [0.1, 0.15) is 55.5 Å². The summed E-state index contributed by atoms with van der Waals surface area (Å²) < 4.78 is 2.18. The molecule has 3 aromatic rings. The highest BCUT2D eigenvalue weighted by atomic mass is 15.1. The van der Waals surface area contributed by atoms with E-state index in [1.165, 1.54) is 0 Å². The van der Waals surface area contributed by atoms with Gasteiger partial charge in [-0.1, -0.05) is 6.08 Å². The second-order valence-electron chi connectivity index (χ2n) is 6.76. The summed E-state index contributed by atoms with van der Waals surface area (Å²) in [6.07, 6.45) is 7.02. The fraction of sp³-hybridized carbons (Fsp3) is 0.368. The van der Waals surface area contributed by atoms with Crippen molar-refractivity contribution >= 4 is 22.7 Å². The number of imidazole rings is 1. The third kappa shape index (κ3) is 2.67. The first-order chi connectivity index (χ1) is 12.0. The second kappa shape index (κ2) is 5.95. The number of rotatable bonds is 2. The van der Waals surface area contributed by atoms with Gasteiger partial charge in [-0.3, -0.25) is 0 Å². The summed E-state index contributed by atoms with van der Waals surface area (Å²) in [5, 5.41) is 0. The van der Waals surface area contributed by atoms with Crippen molar-refractivity contribution in [3.63, 3.8) is 0 Å². The summed E-state index contributed by atoms with van der Waals surface area (Å²) in [6, 6.07) is 4.40. The van der Waals surface area contributed by atoms with Crippen molar-refractivity contribution in [1.29, 1.82) is 0 Å². The lowest BCUT2D eigenvalue weighted by atomic mass is 10.0. The minimum absolute atomic E-state index is 0.311. The molecular weight excluding hydrogens is 312 g/mol. The zero-order chi connectivity index (χ0) is 17.6. The maximum Gasteiger partial charge on any atom is 0.220 e. The van der Waals surface area contributed by atoms with Crippen molar-refractivity contribution in [2.24, 2.45) is 0 Å². The lowest BCUT2D eigenvalue weighted by Gasteiger charge is -2.12. The molecule has 0 fully saturated rings. The standard InChI is InChI=1S/C19H22N6/c1-11(2)25-12(3)22-17-9-8-16(23-18(17)25)13-6-4-5-7-15-14(13)10-21-19(20)24-15/h6,8-11H,4-5,7H2,1-3H3,(H2,20,21,24). The smallest absolute Gasteiger partial charge is 0.220 e. The van der Waals surface area contributed by atoms with Crippen molar-refractivity contribution in [1.82, 2.24) is 24.5 Å². The van der Waals surface area contributed by atoms with Gasteiger partial charge in [0.1, 0.15) is 11.3 Å². The van der Waals surface area contributed by atoms with Crippen LogP contribution in [0.3, 0.4) is 0 Å². The van der Waals surface area contributed by atoms with E-state index in [0.717, 1.165) is 58.8 Å². The lowest BCUT2D eigenvalue weighted by molar-refractivity contribution is 0.595. The number of hydrogen-bond acceptors (Lipinski definition) is 5. The van der Waals surface area contributed by atoms with E-state index < -0.39 is 0 Å². The van der Waals surface area contributed by atoms with Crippen molar-refractivity contribution in [3.05, 3.63) is 47.2 Å². The summed E-state index contributed by atoms with van der Waals surface area (Å²) in [4.78, 5) is 18.2. The molecule has 0 unspecified atom stereocenters. The van der Waals surface area contributed by atoms with Gasteiger partial charge in [0.2, 0.25) is 5.95 Å². The molecule has 1 aliphatic carbocycles. The van der Waals surface area contributed by atoms with E-state index >= 15 is 0 Å². The van der Waals surface area contributed by atoms with Crippen LogP contribution < -0.4 is 5.73 Å². The molecule has 0 atom stereocenters. The van der Waals surface area contributed by atoms with E-state index in [1.807, 2.05) is 25.3 Å². The van der Waals surface area contributed by atoms with Gasteiger partial charge in [-0.15, -0.1) is 0 Å². The largest absolute Gasteiger partial charge is 0.368 e. The Balaban J connectivity index is 1.90. The number of nitrogens with zero attached hydrogens (tertiary/aromatic N) is 5. The number of pyridine rings is 1. The molecule has 1 aliphatic rings. The van der Waals surface area contributed by atoms with Crippen LogP contribution in [0.15, 0.2) is 24.4 Å². The molecule has 0 bridgehead atoms. The first-order valence-electron chi connectivity index (χ1n) is 8.72. The van der Waals surface area contributed by atoms with Gasteiger partial charge in [0.05, 0.1) is 11.4 Å². The van der Waals surface area contributed by atoms with E-state index in [-0.39, 0.29) is 0 Å². The van der Waals surface area contributed by atoms with Crippen LogP contribution in [0.2, 0.25) is 0 Å². The zero-order valence-corrected chi connectivity index (χ0v) is 14.8. The molecule has 0 saturated carbocycles. The van der Waals surface area contributed by atoms with E-state index in [4.69, 9.17) is 10.7 Å². The van der Waals surface area contributed by atoms with Gasteiger partial charge in [-0.2, -0.15) is 0 Å². The van der Waals surface area contributed by atoms with Crippen LogP contribution in [0.5, 0.6) is 0 Å². The van der Waals surface area contributed by atoms with Crippen molar-refractivity contribution in [2.45, 2.75) is 46.1 Å². The SMILES string of the molecule is Cc1nc2ccc(C3=CCCCc4nc(N)ncc43)nc2n1C(C)C. The van der Waals surface area contributed by atoms with Gasteiger partial charge in [0.15, 0.2) is 5.65 Å². The predicted molar refractivity (Wildman–Crippen MR) is 99.1 cm³/mol. The Morgan fingerprint density at radius 1 is 1.16 bits per heavy atom. The van der Waals surface area contributed by atoms with E-state index in [9.17, 15) is 0 Å².